The Morgan fingerprint density at radius 3 is 2.60 bits per heavy atom. The molecule has 0 N–H and O–H groups in total. The van der Waals surface area contributed by atoms with Crippen molar-refractivity contribution in [1.82, 2.24) is 0 Å². The van der Waals surface area contributed by atoms with Crippen molar-refractivity contribution in [3.05, 3.63) is 28.3 Å². The summed E-state index contributed by atoms with van der Waals surface area (Å²) in [5, 5.41) is 0.688. The number of hydrogen-bond acceptors (Lipinski definition) is 3. The van der Waals surface area contributed by atoms with Gasteiger partial charge in [-0.3, -0.25) is 4.79 Å². The predicted octanol–water partition coefficient (Wildman–Crippen LogP) is 2.94. The van der Waals surface area contributed by atoms with Crippen LogP contribution < -0.4 is 4.90 Å². The number of carbonyl (C=O) groups is 1. The molecule has 5 heteroatoms. The molecule has 20 heavy (non-hydrogen) atoms. The molecule has 1 fully saturated rings. The normalized spacial score (nSPS) is 15.6. The summed E-state index contributed by atoms with van der Waals surface area (Å²) in [5.74, 6) is -0.0378. The fraction of sp³-hybridized carbons (Fsp3) is 0.533. The second kappa shape index (κ2) is 6.57. The Kier molecular flexibility index (Phi) is 5.02. The van der Waals surface area contributed by atoms with E-state index in [9.17, 15) is 4.79 Å². The summed E-state index contributed by atoms with van der Waals surface area (Å²) in [6.07, 6.45) is 0.411. The average molecular weight is 298 g/mol. The molecule has 0 bridgehead atoms. The SMILES string of the molecule is CCc1c(Cl)ccc(C)c1N(CC1OCCO1)C(C)=O. The summed E-state index contributed by atoms with van der Waals surface area (Å²) in [6.45, 7) is 7.11. The van der Waals surface area contributed by atoms with Crippen molar-refractivity contribution in [2.45, 2.75) is 33.5 Å². The van der Waals surface area contributed by atoms with Crippen LogP contribution in [0.5, 0.6) is 0 Å². The van der Waals surface area contributed by atoms with Gasteiger partial charge in [0, 0.05) is 11.9 Å². The zero-order valence-electron chi connectivity index (χ0n) is 12.1. The molecular weight excluding hydrogens is 278 g/mol. The van der Waals surface area contributed by atoms with E-state index in [0.29, 0.717) is 24.8 Å². The first kappa shape index (κ1) is 15.3. The molecule has 0 unspecified atom stereocenters. The minimum atomic E-state index is -0.359. The Bertz CT molecular complexity index is 498. The summed E-state index contributed by atoms with van der Waals surface area (Å²) in [6, 6.07) is 3.81. The van der Waals surface area contributed by atoms with Gasteiger partial charge in [-0.25, -0.2) is 0 Å². The number of benzene rings is 1. The van der Waals surface area contributed by atoms with Gasteiger partial charge >= 0.3 is 0 Å². The molecule has 1 saturated heterocycles. The van der Waals surface area contributed by atoms with Crippen molar-refractivity contribution in [3.8, 4) is 0 Å². The number of halogens is 1. The molecule has 110 valence electrons. The van der Waals surface area contributed by atoms with Crippen molar-refractivity contribution >= 4 is 23.2 Å². The van der Waals surface area contributed by atoms with Crippen LogP contribution in [0.15, 0.2) is 12.1 Å². The smallest absolute Gasteiger partial charge is 0.224 e. The van der Waals surface area contributed by atoms with E-state index >= 15 is 0 Å². The lowest BCUT2D eigenvalue weighted by atomic mass is 10.0. The number of carbonyl (C=O) groups excluding carboxylic acids is 1. The number of hydrogen-bond donors (Lipinski definition) is 0. The molecule has 0 aliphatic carbocycles. The lowest BCUT2D eigenvalue weighted by Gasteiger charge is -2.28. The molecule has 2 rings (SSSR count). The molecule has 0 aromatic heterocycles. The van der Waals surface area contributed by atoms with Crippen LogP contribution in [0.1, 0.15) is 25.0 Å². The fourth-order valence-corrected chi connectivity index (χ4v) is 2.77. The highest BCUT2D eigenvalue weighted by Gasteiger charge is 2.25. The molecule has 0 saturated carbocycles. The summed E-state index contributed by atoms with van der Waals surface area (Å²) >= 11 is 6.27. The first-order chi connectivity index (χ1) is 9.54. The molecule has 1 aromatic carbocycles. The highest BCUT2D eigenvalue weighted by Crippen LogP contribution is 2.32. The fourth-order valence-electron chi connectivity index (χ4n) is 2.48. The van der Waals surface area contributed by atoms with Crippen LogP contribution in [0.2, 0.25) is 5.02 Å². The van der Waals surface area contributed by atoms with Gasteiger partial charge in [0.25, 0.3) is 0 Å². The second-order valence-electron chi connectivity index (χ2n) is 4.85. The second-order valence-corrected chi connectivity index (χ2v) is 5.25. The van der Waals surface area contributed by atoms with Gasteiger partial charge in [-0.2, -0.15) is 0 Å². The van der Waals surface area contributed by atoms with Crippen molar-refractivity contribution < 1.29 is 14.3 Å². The number of anilines is 1. The average Bonchev–Trinajstić information content (AvgIpc) is 2.91. The third-order valence-corrected chi connectivity index (χ3v) is 3.81. The highest BCUT2D eigenvalue weighted by atomic mass is 35.5. The Hall–Kier alpha value is -1.10. The summed E-state index contributed by atoms with van der Waals surface area (Å²) in [7, 11) is 0. The zero-order valence-corrected chi connectivity index (χ0v) is 12.9. The maximum atomic E-state index is 12.0. The lowest BCUT2D eigenvalue weighted by Crippen LogP contribution is -2.37. The van der Waals surface area contributed by atoms with Gasteiger partial charge in [0.2, 0.25) is 5.91 Å². The molecule has 1 heterocycles. The standard InChI is InChI=1S/C15H20ClNO3/c1-4-12-13(16)6-5-10(2)15(12)17(11(3)18)9-14-19-7-8-20-14/h5-6,14H,4,7-9H2,1-3H3. The Morgan fingerprint density at radius 2 is 2.05 bits per heavy atom. The van der Waals surface area contributed by atoms with E-state index in [1.165, 1.54) is 0 Å². The van der Waals surface area contributed by atoms with E-state index < -0.39 is 0 Å². The van der Waals surface area contributed by atoms with Crippen LogP contribution in [-0.4, -0.2) is 32.0 Å². The molecule has 1 aliphatic heterocycles. The third kappa shape index (κ3) is 3.14. The van der Waals surface area contributed by atoms with Crippen LogP contribution in [0.3, 0.4) is 0 Å². The number of rotatable bonds is 4. The van der Waals surface area contributed by atoms with Gasteiger partial charge in [0.05, 0.1) is 25.4 Å². The third-order valence-electron chi connectivity index (χ3n) is 3.45. The van der Waals surface area contributed by atoms with Gasteiger partial charge in [-0.05, 0) is 30.5 Å². The molecule has 0 spiro atoms. The zero-order chi connectivity index (χ0) is 14.7. The van der Waals surface area contributed by atoms with E-state index in [-0.39, 0.29) is 12.2 Å². The van der Waals surface area contributed by atoms with Crippen LogP contribution in [0.25, 0.3) is 0 Å². The van der Waals surface area contributed by atoms with E-state index in [0.717, 1.165) is 23.2 Å². The molecular formula is C15H20ClNO3. The lowest BCUT2D eigenvalue weighted by molar-refractivity contribution is -0.118. The van der Waals surface area contributed by atoms with Crippen molar-refractivity contribution in [2.75, 3.05) is 24.7 Å². The first-order valence-electron chi connectivity index (χ1n) is 6.83. The Labute approximate surface area is 124 Å². The minimum absolute atomic E-state index is 0.0378. The highest BCUT2D eigenvalue weighted by molar-refractivity contribution is 6.32. The number of amides is 1. The predicted molar refractivity (Wildman–Crippen MR) is 79.3 cm³/mol. The van der Waals surface area contributed by atoms with Gasteiger partial charge in [-0.1, -0.05) is 24.6 Å². The van der Waals surface area contributed by atoms with Gasteiger partial charge < -0.3 is 14.4 Å². The molecule has 1 aromatic rings. The van der Waals surface area contributed by atoms with Crippen LogP contribution in [0, 0.1) is 6.92 Å². The molecule has 1 aliphatic rings. The van der Waals surface area contributed by atoms with Crippen molar-refractivity contribution in [3.63, 3.8) is 0 Å². The maximum Gasteiger partial charge on any atom is 0.224 e. The van der Waals surface area contributed by atoms with Gasteiger partial charge in [0.1, 0.15) is 0 Å². The summed E-state index contributed by atoms with van der Waals surface area (Å²) in [4.78, 5) is 13.7. The van der Waals surface area contributed by atoms with Crippen LogP contribution in [-0.2, 0) is 20.7 Å². The monoisotopic (exact) mass is 297 g/mol. The summed E-state index contributed by atoms with van der Waals surface area (Å²) < 4.78 is 10.9. The minimum Gasteiger partial charge on any atom is -0.348 e. The molecule has 4 nitrogen and oxygen atoms in total. The largest absolute Gasteiger partial charge is 0.348 e. The van der Waals surface area contributed by atoms with E-state index in [1.54, 1.807) is 11.8 Å². The molecule has 0 atom stereocenters. The number of nitrogens with zero attached hydrogens (tertiary/aromatic N) is 1. The Morgan fingerprint density at radius 1 is 1.40 bits per heavy atom. The maximum absolute atomic E-state index is 12.0. The topological polar surface area (TPSA) is 38.8 Å². The Balaban J connectivity index is 2.37. The van der Waals surface area contributed by atoms with Gasteiger partial charge in [-0.15, -0.1) is 0 Å². The number of aryl methyl sites for hydroxylation is 1. The first-order valence-corrected chi connectivity index (χ1v) is 7.21. The summed E-state index contributed by atoms with van der Waals surface area (Å²) in [5.41, 5.74) is 2.89. The molecule has 0 radical (unpaired) electrons. The van der Waals surface area contributed by atoms with Crippen LogP contribution in [0.4, 0.5) is 5.69 Å². The number of ether oxygens (including phenoxy) is 2. The van der Waals surface area contributed by atoms with Crippen LogP contribution >= 0.6 is 11.6 Å². The van der Waals surface area contributed by atoms with E-state index in [2.05, 4.69) is 0 Å². The quantitative estimate of drug-likeness (QED) is 0.858. The van der Waals surface area contributed by atoms with Crippen molar-refractivity contribution in [2.24, 2.45) is 0 Å². The molecule has 1 amide bonds. The van der Waals surface area contributed by atoms with Gasteiger partial charge in [0.15, 0.2) is 6.29 Å². The van der Waals surface area contributed by atoms with E-state index in [1.807, 2.05) is 26.0 Å². The van der Waals surface area contributed by atoms with E-state index in [4.69, 9.17) is 21.1 Å². The van der Waals surface area contributed by atoms with Crippen molar-refractivity contribution in [1.29, 1.82) is 0 Å².